The average Bonchev–Trinajstić information content (AvgIpc) is 3.33. The number of aromatic nitrogens is 6. The summed E-state index contributed by atoms with van der Waals surface area (Å²) in [5, 5.41) is 29.0. The van der Waals surface area contributed by atoms with E-state index in [9.17, 15) is 10.4 Å². The topological polar surface area (TPSA) is 116 Å². The molecule has 2 N–H and O–H groups in total. The van der Waals surface area contributed by atoms with Crippen LogP contribution in [0.5, 0.6) is 0 Å². The quantitative estimate of drug-likeness (QED) is 0.296. The zero-order valence-electron chi connectivity index (χ0n) is 15.7. The Labute approximate surface area is 171 Å². The third-order valence-corrected chi connectivity index (χ3v) is 5.58. The Hall–Kier alpha value is -3.64. The van der Waals surface area contributed by atoms with Crippen LogP contribution < -0.4 is 0 Å². The Kier molecular flexibility index (Phi) is 5.01. The molecule has 29 heavy (non-hydrogen) atoms. The molecule has 0 amide bonds. The Morgan fingerprint density at radius 3 is 2.69 bits per heavy atom. The highest BCUT2D eigenvalue weighted by molar-refractivity contribution is 7.99. The molecular formula is C20H17N7OS. The van der Waals surface area contributed by atoms with Crippen LogP contribution in [0.4, 0.5) is 0 Å². The monoisotopic (exact) mass is 403 g/mol. The number of nitriles is 1. The molecule has 9 heteroatoms. The molecule has 1 aromatic carbocycles. The summed E-state index contributed by atoms with van der Waals surface area (Å²) < 4.78 is 1.84. The number of benzene rings is 1. The van der Waals surface area contributed by atoms with Crippen molar-refractivity contribution in [3.8, 4) is 17.5 Å². The predicted molar refractivity (Wildman–Crippen MR) is 111 cm³/mol. The van der Waals surface area contributed by atoms with Crippen molar-refractivity contribution in [2.75, 3.05) is 0 Å². The molecule has 0 aliphatic heterocycles. The van der Waals surface area contributed by atoms with Crippen LogP contribution >= 0.6 is 11.8 Å². The van der Waals surface area contributed by atoms with Gasteiger partial charge in [-0.05, 0) is 31.2 Å². The Morgan fingerprint density at radius 1 is 1.21 bits per heavy atom. The molecule has 0 bridgehead atoms. The van der Waals surface area contributed by atoms with Gasteiger partial charge in [0.05, 0.1) is 16.3 Å². The van der Waals surface area contributed by atoms with E-state index < -0.39 is 5.25 Å². The van der Waals surface area contributed by atoms with Gasteiger partial charge in [0.2, 0.25) is 0 Å². The second kappa shape index (κ2) is 7.77. The number of hydrogen-bond acceptors (Lipinski definition) is 7. The fraction of sp³-hybridized carbons (Fsp3) is 0.150. The lowest BCUT2D eigenvalue weighted by Crippen LogP contribution is -2.06. The number of nitrogens with one attached hydrogen (secondary N) is 1. The van der Waals surface area contributed by atoms with Crippen LogP contribution in [0.1, 0.15) is 12.7 Å². The minimum Gasteiger partial charge on any atom is -0.510 e. The standard InChI is InChI=1S/C20H17N7OS/c1-12(29-20-26-25-19(27(20)2)13-7-9-22-10-8-13)17(28)14(11-21)18-23-15-5-3-4-6-16(15)24-18/h3-10,12,28H,1-2H3,(H,23,24)/b17-14-/t12-/m0/s1. The first-order valence-corrected chi connectivity index (χ1v) is 9.71. The summed E-state index contributed by atoms with van der Waals surface area (Å²) in [5.74, 6) is 0.975. The van der Waals surface area contributed by atoms with Gasteiger partial charge in [-0.15, -0.1) is 10.2 Å². The normalized spacial score (nSPS) is 13.1. The maximum absolute atomic E-state index is 10.7. The van der Waals surface area contributed by atoms with Crippen LogP contribution in [0, 0.1) is 11.3 Å². The van der Waals surface area contributed by atoms with Crippen molar-refractivity contribution in [1.82, 2.24) is 29.7 Å². The van der Waals surface area contributed by atoms with Crippen molar-refractivity contribution < 1.29 is 5.11 Å². The number of para-hydroxylation sites is 2. The van der Waals surface area contributed by atoms with Crippen LogP contribution in [-0.2, 0) is 7.05 Å². The van der Waals surface area contributed by atoms with Crippen molar-refractivity contribution in [2.24, 2.45) is 7.05 Å². The molecular weight excluding hydrogens is 386 g/mol. The fourth-order valence-electron chi connectivity index (χ4n) is 2.89. The summed E-state index contributed by atoms with van der Waals surface area (Å²) in [6.45, 7) is 1.81. The zero-order valence-corrected chi connectivity index (χ0v) is 16.6. The Bertz CT molecular complexity index is 1200. The van der Waals surface area contributed by atoms with Gasteiger partial charge in [0.15, 0.2) is 16.8 Å². The molecule has 0 unspecified atom stereocenters. The summed E-state index contributed by atoms with van der Waals surface area (Å²) >= 11 is 1.31. The lowest BCUT2D eigenvalue weighted by atomic mass is 10.2. The summed E-state index contributed by atoms with van der Waals surface area (Å²) in [5.41, 5.74) is 2.55. The summed E-state index contributed by atoms with van der Waals surface area (Å²) in [7, 11) is 1.86. The largest absolute Gasteiger partial charge is 0.510 e. The molecule has 4 rings (SSSR count). The summed E-state index contributed by atoms with van der Waals surface area (Å²) in [6, 6.07) is 13.2. The minimum absolute atomic E-state index is 0.0648. The molecule has 0 radical (unpaired) electrons. The molecule has 0 aliphatic rings. The maximum atomic E-state index is 10.7. The number of aliphatic hydroxyl groups excluding tert-OH is 1. The van der Waals surface area contributed by atoms with Gasteiger partial charge in [-0.25, -0.2) is 4.98 Å². The lowest BCUT2D eigenvalue weighted by Gasteiger charge is -2.11. The molecule has 4 aromatic rings. The van der Waals surface area contributed by atoms with Gasteiger partial charge in [0, 0.05) is 25.0 Å². The second-order valence-corrected chi connectivity index (χ2v) is 7.64. The Morgan fingerprint density at radius 2 is 1.97 bits per heavy atom. The fourth-order valence-corrected chi connectivity index (χ4v) is 3.77. The van der Waals surface area contributed by atoms with Gasteiger partial charge >= 0.3 is 0 Å². The van der Waals surface area contributed by atoms with E-state index in [1.165, 1.54) is 11.8 Å². The first-order valence-electron chi connectivity index (χ1n) is 8.83. The number of nitrogens with zero attached hydrogens (tertiary/aromatic N) is 6. The number of hydrogen-bond donors (Lipinski definition) is 2. The van der Waals surface area contributed by atoms with Crippen LogP contribution in [0.15, 0.2) is 59.7 Å². The molecule has 1 atom stereocenters. The van der Waals surface area contributed by atoms with E-state index in [2.05, 4.69) is 31.2 Å². The second-order valence-electron chi connectivity index (χ2n) is 6.34. The number of pyridine rings is 1. The predicted octanol–water partition coefficient (Wildman–Crippen LogP) is 3.73. The number of allylic oxidation sites excluding steroid dienone is 1. The third-order valence-electron chi connectivity index (χ3n) is 4.43. The molecule has 8 nitrogen and oxygen atoms in total. The number of aliphatic hydroxyl groups is 1. The van der Waals surface area contributed by atoms with Crippen molar-refractivity contribution in [2.45, 2.75) is 17.3 Å². The molecule has 0 saturated carbocycles. The van der Waals surface area contributed by atoms with Crippen LogP contribution in [-0.4, -0.2) is 40.1 Å². The van der Waals surface area contributed by atoms with E-state index >= 15 is 0 Å². The van der Waals surface area contributed by atoms with E-state index in [0.29, 0.717) is 16.8 Å². The number of fused-ring (bicyclic) bond motifs is 1. The van der Waals surface area contributed by atoms with Crippen molar-refractivity contribution in [1.29, 1.82) is 5.26 Å². The molecule has 3 aromatic heterocycles. The van der Waals surface area contributed by atoms with Gasteiger partial charge in [-0.1, -0.05) is 23.9 Å². The molecule has 0 aliphatic carbocycles. The van der Waals surface area contributed by atoms with Crippen molar-refractivity contribution in [3.63, 3.8) is 0 Å². The molecule has 144 valence electrons. The number of imidazole rings is 1. The van der Waals surface area contributed by atoms with Crippen molar-refractivity contribution >= 4 is 28.4 Å². The van der Waals surface area contributed by atoms with E-state index in [0.717, 1.165) is 16.6 Å². The van der Waals surface area contributed by atoms with E-state index in [1.807, 2.05) is 48.0 Å². The average molecular weight is 403 g/mol. The smallest absolute Gasteiger partial charge is 0.191 e. The summed E-state index contributed by atoms with van der Waals surface area (Å²) in [4.78, 5) is 11.5. The van der Waals surface area contributed by atoms with Crippen LogP contribution in [0.2, 0.25) is 0 Å². The maximum Gasteiger partial charge on any atom is 0.191 e. The highest BCUT2D eigenvalue weighted by Gasteiger charge is 2.21. The van der Waals surface area contributed by atoms with Crippen molar-refractivity contribution in [3.05, 3.63) is 60.4 Å². The van der Waals surface area contributed by atoms with Gasteiger partial charge in [-0.2, -0.15) is 5.26 Å². The Balaban J connectivity index is 1.62. The summed E-state index contributed by atoms with van der Waals surface area (Å²) in [6.07, 6.45) is 3.39. The van der Waals surface area contributed by atoms with E-state index in [1.54, 1.807) is 19.3 Å². The van der Waals surface area contributed by atoms with Gasteiger partial charge in [0.1, 0.15) is 17.4 Å². The first-order chi connectivity index (χ1) is 14.1. The first kappa shape index (κ1) is 18.7. The molecule has 0 saturated heterocycles. The van der Waals surface area contributed by atoms with Crippen LogP contribution in [0.3, 0.4) is 0 Å². The number of rotatable bonds is 5. The zero-order chi connectivity index (χ0) is 20.4. The van der Waals surface area contributed by atoms with Gasteiger partial charge in [0.25, 0.3) is 0 Å². The van der Waals surface area contributed by atoms with Gasteiger partial charge in [-0.3, -0.25) is 4.98 Å². The molecule has 3 heterocycles. The third kappa shape index (κ3) is 3.58. The molecule has 0 fully saturated rings. The van der Waals surface area contributed by atoms with Gasteiger partial charge < -0.3 is 14.7 Å². The van der Waals surface area contributed by atoms with Crippen LogP contribution in [0.25, 0.3) is 28.0 Å². The number of aromatic amines is 1. The number of thioether (sulfide) groups is 1. The SMILES string of the molecule is C[C@H](Sc1nnc(-c2ccncc2)n1C)/C(O)=C(\C#N)c1nc2ccccc2[nH]1. The number of H-pyrrole nitrogens is 1. The van der Waals surface area contributed by atoms with E-state index in [4.69, 9.17) is 0 Å². The molecule has 0 spiro atoms. The highest BCUT2D eigenvalue weighted by Crippen LogP contribution is 2.31. The minimum atomic E-state index is -0.425. The highest BCUT2D eigenvalue weighted by atomic mass is 32.2. The lowest BCUT2D eigenvalue weighted by molar-refractivity contribution is 0.401. The van der Waals surface area contributed by atoms with E-state index in [-0.39, 0.29) is 11.3 Å².